The lowest BCUT2D eigenvalue weighted by molar-refractivity contribution is 0.305. The van der Waals surface area contributed by atoms with Crippen LogP contribution in [-0.2, 0) is 5.41 Å². The van der Waals surface area contributed by atoms with Gasteiger partial charge in [-0.25, -0.2) is 4.99 Å². The SMILES string of the molecule is N#CC1(c2ccc(N3C(N)=NC(N)=NC34CCCCC4)cc2)CC1. The first kappa shape index (κ1) is 15.0. The van der Waals surface area contributed by atoms with Gasteiger partial charge in [0.05, 0.1) is 11.5 Å². The van der Waals surface area contributed by atoms with E-state index in [1.807, 2.05) is 29.2 Å². The Kier molecular flexibility index (Phi) is 3.27. The zero-order chi connectivity index (χ0) is 16.8. The van der Waals surface area contributed by atoms with Gasteiger partial charge in [-0.3, -0.25) is 4.90 Å². The van der Waals surface area contributed by atoms with Gasteiger partial charge in [0.15, 0.2) is 0 Å². The second kappa shape index (κ2) is 5.23. The van der Waals surface area contributed by atoms with Gasteiger partial charge in [-0.2, -0.15) is 10.3 Å². The van der Waals surface area contributed by atoms with Crippen molar-refractivity contribution in [3.63, 3.8) is 0 Å². The highest BCUT2D eigenvalue weighted by Gasteiger charge is 2.45. The molecule has 1 heterocycles. The number of nitrogens with two attached hydrogens (primary N) is 2. The summed E-state index contributed by atoms with van der Waals surface area (Å²) >= 11 is 0. The standard InChI is InChI=1S/C18H22N6/c19-12-17(10-11-17)13-4-6-14(7-5-13)24-16(21)22-15(20)23-18(24)8-2-1-3-9-18/h4-7H,1-3,8-11H2,(H4,20,21,22,23). The summed E-state index contributed by atoms with van der Waals surface area (Å²) < 4.78 is 0. The van der Waals surface area contributed by atoms with Crippen molar-refractivity contribution in [1.29, 1.82) is 5.26 Å². The third-order valence-corrected chi connectivity index (χ3v) is 5.49. The van der Waals surface area contributed by atoms with Gasteiger partial charge in [-0.15, -0.1) is 0 Å². The van der Waals surface area contributed by atoms with Crippen molar-refractivity contribution in [3.8, 4) is 6.07 Å². The van der Waals surface area contributed by atoms with Crippen molar-refractivity contribution >= 4 is 17.6 Å². The molecule has 2 fully saturated rings. The minimum absolute atomic E-state index is 0.267. The highest BCUT2D eigenvalue weighted by Crippen LogP contribution is 2.48. The molecule has 1 aromatic rings. The second-order valence-corrected chi connectivity index (χ2v) is 7.06. The van der Waals surface area contributed by atoms with Crippen molar-refractivity contribution in [2.45, 2.75) is 56.0 Å². The van der Waals surface area contributed by atoms with Crippen LogP contribution in [0, 0.1) is 11.3 Å². The fraction of sp³-hybridized carbons (Fsp3) is 0.500. The number of rotatable bonds is 2. The molecule has 4 N–H and O–H groups in total. The lowest BCUT2D eigenvalue weighted by atomic mass is 9.87. The van der Waals surface area contributed by atoms with Gasteiger partial charge in [-0.1, -0.05) is 18.6 Å². The van der Waals surface area contributed by atoms with Crippen LogP contribution in [0.2, 0.25) is 0 Å². The van der Waals surface area contributed by atoms with Gasteiger partial charge in [-0.05, 0) is 56.2 Å². The summed E-state index contributed by atoms with van der Waals surface area (Å²) in [5.41, 5.74) is 13.5. The molecule has 6 heteroatoms. The van der Waals surface area contributed by atoms with Crippen LogP contribution in [0.1, 0.15) is 50.5 Å². The molecule has 0 bridgehead atoms. The van der Waals surface area contributed by atoms with Crippen LogP contribution in [0.3, 0.4) is 0 Å². The summed E-state index contributed by atoms with van der Waals surface area (Å²) in [6.07, 6.45) is 7.17. The minimum atomic E-state index is -0.415. The Bertz CT molecular complexity index is 745. The van der Waals surface area contributed by atoms with Gasteiger partial charge in [0.25, 0.3) is 0 Å². The normalized spacial score (nSPS) is 24.0. The van der Waals surface area contributed by atoms with E-state index in [0.29, 0.717) is 5.96 Å². The van der Waals surface area contributed by atoms with Crippen LogP contribution >= 0.6 is 0 Å². The summed E-state index contributed by atoms with van der Waals surface area (Å²) in [6.45, 7) is 0. The number of aliphatic imine (C=N–C) groups is 2. The van der Waals surface area contributed by atoms with Gasteiger partial charge in [0, 0.05) is 5.69 Å². The van der Waals surface area contributed by atoms with Crippen LogP contribution in [0.4, 0.5) is 5.69 Å². The van der Waals surface area contributed by atoms with Crippen molar-refractivity contribution in [2.24, 2.45) is 21.5 Å². The molecule has 124 valence electrons. The van der Waals surface area contributed by atoms with Crippen LogP contribution in [0.25, 0.3) is 0 Å². The van der Waals surface area contributed by atoms with E-state index in [0.717, 1.165) is 49.8 Å². The number of hydrogen-bond donors (Lipinski definition) is 2. The maximum atomic E-state index is 9.37. The van der Waals surface area contributed by atoms with Crippen LogP contribution in [0.5, 0.6) is 0 Å². The van der Waals surface area contributed by atoms with Gasteiger partial charge < -0.3 is 11.5 Å². The topological polar surface area (TPSA) is 104 Å². The van der Waals surface area contributed by atoms with E-state index in [4.69, 9.17) is 11.5 Å². The predicted molar refractivity (Wildman–Crippen MR) is 94.5 cm³/mol. The highest BCUT2D eigenvalue weighted by atomic mass is 15.4. The molecule has 0 saturated heterocycles. The maximum Gasteiger partial charge on any atom is 0.220 e. The van der Waals surface area contributed by atoms with E-state index < -0.39 is 5.66 Å². The average molecular weight is 322 g/mol. The molecule has 2 saturated carbocycles. The molecule has 1 spiro atoms. The summed E-state index contributed by atoms with van der Waals surface area (Å²) in [5, 5.41) is 9.37. The van der Waals surface area contributed by atoms with Gasteiger partial charge in [0.1, 0.15) is 5.66 Å². The minimum Gasteiger partial charge on any atom is -0.369 e. The quantitative estimate of drug-likeness (QED) is 0.872. The number of benzene rings is 1. The Labute approximate surface area is 141 Å². The van der Waals surface area contributed by atoms with E-state index in [9.17, 15) is 5.26 Å². The van der Waals surface area contributed by atoms with Crippen molar-refractivity contribution in [3.05, 3.63) is 29.8 Å². The molecule has 0 aromatic heterocycles. The Morgan fingerprint density at radius 1 is 1.00 bits per heavy atom. The van der Waals surface area contributed by atoms with Crippen LogP contribution < -0.4 is 16.4 Å². The molecule has 1 aliphatic heterocycles. The van der Waals surface area contributed by atoms with Crippen LogP contribution in [0.15, 0.2) is 34.3 Å². The van der Waals surface area contributed by atoms with Crippen molar-refractivity contribution < 1.29 is 0 Å². The molecule has 0 unspecified atom stereocenters. The molecule has 0 amide bonds. The van der Waals surface area contributed by atoms with E-state index in [1.54, 1.807) is 0 Å². The Hall–Kier alpha value is -2.55. The fourth-order valence-corrected chi connectivity index (χ4v) is 4.01. The zero-order valence-electron chi connectivity index (χ0n) is 13.7. The molecule has 0 atom stereocenters. The lowest BCUT2D eigenvalue weighted by Gasteiger charge is -2.45. The predicted octanol–water partition coefficient (Wildman–Crippen LogP) is 2.35. The van der Waals surface area contributed by atoms with Gasteiger partial charge >= 0.3 is 0 Å². The summed E-state index contributed by atoms with van der Waals surface area (Å²) in [5.74, 6) is 0.669. The molecular formula is C18H22N6. The summed E-state index contributed by atoms with van der Waals surface area (Å²) in [7, 11) is 0. The van der Waals surface area contributed by atoms with Crippen molar-refractivity contribution in [2.75, 3.05) is 4.90 Å². The Balaban J connectivity index is 1.71. The van der Waals surface area contributed by atoms with E-state index in [2.05, 4.69) is 16.1 Å². The molecule has 4 rings (SSSR count). The van der Waals surface area contributed by atoms with E-state index in [-0.39, 0.29) is 11.4 Å². The number of anilines is 1. The first-order valence-corrected chi connectivity index (χ1v) is 8.60. The zero-order valence-corrected chi connectivity index (χ0v) is 13.7. The molecule has 3 aliphatic rings. The first-order valence-electron chi connectivity index (χ1n) is 8.60. The lowest BCUT2D eigenvalue weighted by Crippen LogP contribution is -2.58. The van der Waals surface area contributed by atoms with E-state index in [1.165, 1.54) is 6.42 Å². The third kappa shape index (κ3) is 2.23. The number of nitriles is 1. The fourth-order valence-electron chi connectivity index (χ4n) is 4.01. The summed E-state index contributed by atoms with van der Waals surface area (Å²) in [6, 6.07) is 10.6. The van der Waals surface area contributed by atoms with Crippen molar-refractivity contribution in [1.82, 2.24) is 0 Å². The molecular weight excluding hydrogens is 300 g/mol. The monoisotopic (exact) mass is 322 g/mol. The van der Waals surface area contributed by atoms with Gasteiger partial charge in [0.2, 0.25) is 11.9 Å². The number of guanidine groups is 2. The van der Waals surface area contributed by atoms with E-state index >= 15 is 0 Å². The highest BCUT2D eigenvalue weighted by molar-refractivity contribution is 6.05. The smallest absolute Gasteiger partial charge is 0.220 e. The summed E-state index contributed by atoms with van der Waals surface area (Å²) in [4.78, 5) is 10.9. The average Bonchev–Trinajstić information content (AvgIpc) is 3.36. The third-order valence-electron chi connectivity index (χ3n) is 5.49. The largest absolute Gasteiger partial charge is 0.369 e. The second-order valence-electron chi connectivity index (χ2n) is 7.06. The van der Waals surface area contributed by atoms with Crippen LogP contribution in [-0.4, -0.2) is 17.6 Å². The molecule has 2 aliphatic carbocycles. The molecule has 0 radical (unpaired) electrons. The number of nitrogens with zero attached hydrogens (tertiary/aromatic N) is 4. The Morgan fingerprint density at radius 3 is 2.25 bits per heavy atom. The first-order chi connectivity index (χ1) is 11.6. The number of hydrogen-bond acceptors (Lipinski definition) is 6. The molecule has 1 aromatic carbocycles. The molecule has 6 nitrogen and oxygen atoms in total. The molecule has 24 heavy (non-hydrogen) atoms. The maximum absolute atomic E-state index is 9.37. The Morgan fingerprint density at radius 2 is 1.67 bits per heavy atom.